The third-order valence-corrected chi connectivity index (χ3v) is 5.01. The lowest BCUT2D eigenvalue weighted by molar-refractivity contribution is -0.147. The second kappa shape index (κ2) is 6.97. The van der Waals surface area contributed by atoms with Crippen LogP contribution in [0.5, 0.6) is 0 Å². The van der Waals surface area contributed by atoms with Crippen molar-refractivity contribution in [3.63, 3.8) is 0 Å². The van der Waals surface area contributed by atoms with Crippen LogP contribution >= 0.6 is 0 Å². The first-order valence-corrected chi connectivity index (χ1v) is 8.36. The Balaban J connectivity index is 1.82. The molecule has 1 aromatic rings. The molecule has 3 heterocycles. The maximum atomic E-state index is 13.8. The Morgan fingerprint density at radius 3 is 2.73 bits per heavy atom. The molecule has 2 saturated heterocycles. The topological polar surface area (TPSA) is 79.8 Å². The number of piperazine rings is 1. The molecule has 2 fully saturated rings. The van der Waals surface area contributed by atoms with Crippen LogP contribution in [0.2, 0.25) is 0 Å². The number of esters is 1. The maximum absolute atomic E-state index is 13.8. The average Bonchev–Trinajstić information content (AvgIpc) is 2.99. The van der Waals surface area contributed by atoms with Crippen LogP contribution in [0.4, 0.5) is 8.78 Å². The van der Waals surface area contributed by atoms with Gasteiger partial charge >= 0.3 is 5.97 Å². The van der Waals surface area contributed by atoms with Gasteiger partial charge in [-0.25, -0.2) is 13.8 Å². The SMILES string of the molecule is CC[C@H]1[C@@H](C(=O)OC)C[C@H]2CN(C(=O)c3ncc(F)cc3F)CC(=O)N21. The van der Waals surface area contributed by atoms with Crippen molar-refractivity contribution in [1.82, 2.24) is 14.8 Å². The highest BCUT2D eigenvalue weighted by Gasteiger charge is 2.50. The van der Waals surface area contributed by atoms with Crippen LogP contribution in [0.25, 0.3) is 0 Å². The number of hydrogen-bond donors (Lipinski definition) is 0. The molecule has 2 aliphatic heterocycles. The van der Waals surface area contributed by atoms with Crippen LogP contribution in [-0.2, 0) is 14.3 Å². The highest BCUT2D eigenvalue weighted by molar-refractivity contribution is 5.96. The lowest BCUT2D eigenvalue weighted by Gasteiger charge is -2.39. The Bertz CT molecular complexity index is 758. The number of carbonyl (C=O) groups is 3. The van der Waals surface area contributed by atoms with Gasteiger partial charge in [0.1, 0.15) is 12.4 Å². The van der Waals surface area contributed by atoms with Crippen LogP contribution in [-0.4, -0.2) is 64.9 Å². The molecule has 0 radical (unpaired) electrons. The minimum atomic E-state index is -1.07. The number of methoxy groups -OCH3 is 1. The van der Waals surface area contributed by atoms with Crippen molar-refractivity contribution in [2.24, 2.45) is 5.92 Å². The van der Waals surface area contributed by atoms with E-state index in [0.29, 0.717) is 18.9 Å². The molecule has 0 N–H and O–H groups in total. The van der Waals surface area contributed by atoms with E-state index in [0.717, 1.165) is 6.20 Å². The fourth-order valence-corrected chi connectivity index (χ4v) is 3.91. The van der Waals surface area contributed by atoms with Crippen LogP contribution in [0, 0.1) is 17.6 Å². The molecule has 0 aromatic carbocycles. The third-order valence-electron chi connectivity index (χ3n) is 5.01. The largest absolute Gasteiger partial charge is 0.469 e. The quantitative estimate of drug-likeness (QED) is 0.745. The summed E-state index contributed by atoms with van der Waals surface area (Å²) in [4.78, 5) is 43.5. The monoisotopic (exact) mass is 367 g/mol. The molecular weight excluding hydrogens is 348 g/mol. The van der Waals surface area contributed by atoms with Crippen molar-refractivity contribution in [3.05, 3.63) is 29.6 Å². The molecule has 140 valence electrons. The van der Waals surface area contributed by atoms with Gasteiger partial charge in [0, 0.05) is 18.7 Å². The predicted molar refractivity (Wildman–Crippen MR) is 84.9 cm³/mol. The van der Waals surface area contributed by atoms with E-state index < -0.39 is 29.2 Å². The standard InChI is InChI=1S/C17H19F2N3O4/c1-3-13-11(17(25)26-2)5-10-7-21(8-14(23)22(10)13)16(24)15-12(19)4-9(18)6-20-15/h4,6,10-11,13H,3,5,7-8H2,1-2H3/t10-,11-,13-/m0/s1. The normalized spacial score (nSPS) is 25.2. The average molecular weight is 367 g/mol. The lowest BCUT2D eigenvalue weighted by atomic mass is 9.97. The van der Waals surface area contributed by atoms with Crippen molar-refractivity contribution in [2.75, 3.05) is 20.2 Å². The maximum Gasteiger partial charge on any atom is 0.310 e. The summed E-state index contributed by atoms with van der Waals surface area (Å²) in [6, 6.07) is -0.0514. The van der Waals surface area contributed by atoms with E-state index in [1.54, 1.807) is 4.90 Å². The van der Waals surface area contributed by atoms with Crippen LogP contribution in [0.3, 0.4) is 0 Å². The zero-order valence-electron chi connectivity index (χ0n) is 14.4. The van der Waals surface area contributed by atoms with Crippen molar-refractivity contribution in [1.29, 1.82) is 0 Å². The number of nitrogens with zero attached hydrogens (tertiary/aromatic N) is 3. The van der Waals surface area contributed by atoms with Gasteiger partial charge in [-0.3, -0.25) is 14.4 Å². The number of ether oxygens (including phenoxy) is 1. The van der Waals surface area contributed by atoms with E-state index in [2.05, 4.69) is 4.98 Å². The predicted octanol–water partition coefficient (Wildman–Crippen LogP) is 0.984. The molecule has 9 heteroatoms. The Hall–Kier alpha value is -2.58. The molecule has 7 nitrogen and oxygen atoms in total. The second-order valence-electron chi connectivity index (χ2n) is 6.47. The van der Waals surface area contributed by atoms with E-state index in [4.69, 9.17) is 4.74 Å². The number of rotatable bonds is 3. The van der Waals surface area contributed by atoms with E-state index in [1.807, 2.05) is 6.92 Å². The molecule has 0 bridgehead atoms. The minimum absolute atomic E-state index is 0.160. The molecule has 0 saturated carbocycles. The van der Waals surface area contributed by atoms with Crippen molar-refractivity contribution < 1.29 is 27.9 Å². The molecule has 1 aromatic heterocycles. The number of halogens is 2. The zero-order chi connectivity index (χ0) is 19.0. The molecule has 3 atom stereocenters. The van der Waals surface area contributed by atoms with Gasteiger partial charge in [0.05, 0.1) is 25.3 Å². The number of pyridine rings is 1. The van der Waals surface area contributed by atoms with Gasteiger partial charge in [0.2, 0.25) is 5.91 Å². The van der Waals surface area contributed by atoms with E-state index >= 15 is 0 Å². The van der Waals surface area contributed by atoms with Gasteiger partial charge < -0.3 is 14.5 Å². The molecule has 2 aliphatic rings. The van der Waals surface area contributed by atoms with Gasteiger partial charge in [-0.15, -0.1) is 0 Å². The summed E-state index contributed by atoms with van der Waals surface area (Å²) < 4.78 is 31.7. The summed E-state index contributed by atoms with van der Waals surface area (Å²) in [6.45, 7) is 1.80. The molecule has 26 heavy (non-hydrogen) atoms. The van der Waals surface area contributed by atoms with Crippen LogP contribution < -0.4 is 0 Å². The first-order valence-electron chi connectivity index (χ1n) is 8.36. The van der Waals surface area contributed by atoms with Gasteiger partial charge in [-0.05, 0) is 12.8 Å². The summed E-state index contributed by atoms with van der Waals surface area (Å²) >= 11 is 0. The lowest BCUT2D eigenvalue weighted by Crippen LogP contribution is -2.57. The summed E-state index contributed by atoms with van der Waals surface area (Å²) in [6.07, 6.45) is 1.72. The molecule has 2 amide bonds. The highest BCUT2D eigenvalue weighted by atomic mass is 19.1. The van der Waals surface area contributed by atoms with Crippen LogP contribution in [0.15, 0.2) is 12.3 Å². The van der Waals surface area contributed by atoms with Crippen molar-refractivity contribution >= 4 is 17.8 Å². The van der Waals surface area contributed by atoms with Crippen LogP contribution in [0.1, 0.15) is 30.3 Å². The Labute approximate surface area is 148 Å². The summed E-state index contributed by atoms with van der Waals surface area (Å²) in [5, 5.41) is 0. The molecule has 0 aliphatic carbocycles. The molecule has 3 rings (SSSR count). The zero-order valence-corrected chi connectivity index (χ0v) is 14.4. The number of carbonyl (C=O) groups excluding carboxylic acids is 3. The van der Waals surface area contributed by atoms with E-state index in [9.17, 15) is 23.2 Å². The van der Waals surface area contributed by atoms with Gasteiger partial charge in [-0.2, -0.15) is 0 Å². The number of aromatic nitrogens is 1. The first kappa shape index (κ1) is 18.2. The minimum Gasteiger partial charge on any atom is -0.469 e. The first-order chi connectivity index (χ1) is 12.4. The summed E-state index contributed by atoms with van der Waals surface area (Å²) in [5.74, 6) is -3.88. The molecule has 0 unspecified atom stereocenters. The molecule has 0 spiro atoms. The number of fused-ring (bicyclic) bond motifs is 1. The fourth-order valence-electron chi connectivity index (χ4n) is 3.91. The second-order valence-corrected chi connectivity index (χ2v) is 6.47. The fraction of sp³-hybridized carbons (Fsp3) is 0.529. The molecular formula is C17H19F2N3O4. The van der Waals surface area contributed by atoms with Crippen molar-refractivity contribution in [3.8, 4) is 0 Å². The van der Waals surface area contributed by atoms with Crippen molar-refractivity contribution in [2.45, 2.75) is 31.8 Å². The smallest absolute Gasteiger partial charge is 0.310 e. The van der Waals surface area contributed by atoms with Gasteiger partial charge in [-0.1, -0.05) is 6.92 Å². The van der Waals surface area contributed by atoms with Gasteiger partial charge in [0.25, 0.3) is 5.91 Å². The van der Waals surface area contributed by atoms with Gasteiger partial charge in [0.15, 0.2) is 11.5 Å². The van der Waals surface area contributed by atoms with E-state index in [-0.39, 0.29) is 37.0 Å². The number of hydrogen-bond acceptors (Lipinski definition) is 5. The third kappa shape index (κ3) is 3.02. The summed E-state index contributed by atoms with van der Waals surface area (Å²) in [7, 11) is 1.30. The summed E-state index contributed by atoms with van der Waals surface area (Å²) in [5.41, 5.74) is -0.526. The highest BCUT2D eigenvalue weighted by Crippen LogP contribution is 2.35. The Morgan fingerprint density at radius 2 is 2.12 bits per heavy atom. The Kier molecular flexibility index (Phi) is 4.88. The van der Waals surface area contributed by atoms with E-state index in [1.165, 1.54) is 12.0 Å². The Morgan fingerprint density at radius 1 is 1.38 bits per heavy atom. The number of amides is 2.